The molecule has 1 atom stereocenters. The summed E-state index contributed by atoms with van der Waals surface area (Å²) in [5, 5.41) is 6.73. The molecule has 0 unspecified atom stereocenters. The fraction of sp³-hybridized carbons (Fsp3) is 0.160. The highest BCUT2D eigenvalue weighted by atomic mass is 32.1. The number of aromatic nitrogens is 1. The minimum absolute atomic E-state index is 0.169. The summed E-state index contributed by atoms with van der Waals surface area (Å²) in [6, 6.07) is 23.0. The Bertz CT molecular complexity index is 1230. The molecule has 2 amide bonds. The van der Waals surface area contributed by atoms with E-state index in [-0.39, 0.29) is 17.7 Å². The normalized spacial score (nSPS) is 11.8. The molecule has 0 radical (unpaired) electrons. The van der Waals surface area contributed by atoms with Gasteiger partial charge in [-0.3, -0.25) is 9.59 Å². The van der Waals surface area contributed by atoms with Crippen molar-refractivity contribution in [2.45, 2.75) is 19.8 Å². The molecule has 0 fully saturated rings. The van der Waals surface area contributed by atoms with Crippen LogP contribution in [0.25, 0.3) is 10.1 Å². The molecule has 2 N–H and O–H groups in total. The molecule has 4 rings (SSSR count). The lowest BCUT2D eigenvalue weighted by Gasteiger charge is -2.14. The molecular formula is C25H23N3O2S. The molecule has 1 heterocycles. The Kier molecular flexibility index (Phi) is 6.09. The topological polar surface area (TPSA) is 71.1 Å². The molecule has 0 bridgehead atoms. The second-order valence-electron chi connectivity index (χ2n) is 7.53. The smallest absolute Gasteiger partial charge is 0.276 e. The Balaban J connectivity index is 1.46. The first kappa shape index (κ1) is 20.8. The summed E-state index contributed by atoms with van der Waals surface area (Å²) in [5.74, 6) is -0.249. The van der Waals surface area contributed by atoms with Crippen molar-refractivity contribution in [1.82, 2.24) is 9.69 Å². The van der Waals surface area contributed by atoms with Crippen molar-refractivity contribution in [3.63, 3.8) is 0 Å². The molecule has 0 aliphatic carbocycles. The molecule has 0 saturated heterocycles. The predicted octanol–water partition coefficient (Wildman–Crippen LogP) is 5.39. The van der Waals surface area contributed by atoms with Crippen molar-refractivity contribution >= 4 is 39.1 Å². The van der Waals surface area contributed by atoms with E-state index in [9.17, 15) is 9.59 Å². The van der Waals surface area contributed by atoms with Crippen LogP contribution in [0.5, 0.6) is 0 Å². The minimum atomic E-state index is -0.282. The first-order valence-electron chi connectivity index (χ1n) is 10.1. The summed E-state index contributed by atoms with van der Waals surface area (Å²) in [7, 11) is 0. The SMILES string of the molecule is Cc1ccc(C(=O)NC[C@@H](C)c2ccccc2)cc1NC(=O)c1nsc2ccccc12. The Morgan fingerprint density at radius 1 is 0.968 bits per heavy atom. The highest BCUT2D eigenvalue weighted by Crippen LogP contribution is 2.24. The van der Waals surface area contributed by atoms with E-state index in [1.807, 2.05) is 55.5 Å². The van der Waals surface area contributed by atoms with Gasteiger partial charge in [0.2, 0.25) is 0 Å². The number of aryl methyl sites for hydroxylation is 1. The summed E-state index contributed by atoms with van der Waals surface area (Å²) in [4.78, 5) is 25.5. The number of nitrogens with one attached hydrogen (secondary N) is 2. The maximum absolute atomic E-state index is 12.8. The van der Waals surface area contributed by atoms with Crippen molar-refractivity contribution in [3.8, 4) is 0 Å². The van der Waals surface area contributed by atoms with Gasteiger partial charge in [0.25, 0.3) is 11.8 Å². The van der Waals surface area contributed by atoms with Crippen LogP contribution in [0.2, 0.25) is 0 Å². The number of carbonyl (C=O) groups excluding carboxylic acids is 2. The number of amides is 2. The van der Waals surface area contributed by atoms with Gasteiger partial charge in [0, 0.05) is 23.2 Å². The lowest BCUT2D eigenvalue weighted by atomic mass is 10.0. The fourth-order valence-electron chi connectivity index (χ4n) is 3.38. The molecule has 4 aromatic rings. The number of hydrogen-bond acceptors (Lipinski definition) is 4. The first-order valence-corrected chi connectivity index (χ1v) is 10.9. The molecule has 0 saturated carbocycles. The van der Waals surface area contributed by atoms with Crippen LogP contribution < -0.4 is 10.6 Å². The number of hydrogen-bond donors (Lipinski definition) is 2. The zero-order chi connectivity index (χ0) is 21.8. The Hall–Kier alpha value is -3.51. The van der Waals surface area contributed by atoms with E-state index in [4.69, 9.17) is 0 Å². The van der Waals surface area contributed by atoms with E-state index in [0.29, 0.717) is 23.5 Å². The second-order valence-corrected chi connectivity index (χ2v) is 8.34. The van der Waals surface area contributed by atoms with Crippen molar-refractivity contribution < 1.29 is 9.59 Å². The largest absolute Gasteiger partial charge is 0.351 e. The summed E-state index contributed by atoms with van der Waals surface area (Å²) in [6.45, 7) is 4.51. The highest BCUT2D eigenvalue weighted by molar-refractivity contribution is 7.13. The van der Waals surface area contributed by atoms with Gasteiger partial charge in [0.05, 0.1) is 4.70 Å². The maximum Gasteiger partial charge on any atom is 0.276 e. The monoisotopic (exact) mass is 429 g/mol. The zero-order valence-corrected chi connectivity index (χ0v) is 18.2. The molecule has 31 heavy (non-hydrogen) atoms. The zero-order valence-electron chi connectivity index (χ0n) is 17.4. The standard InChI is InChI=1S/C25H23N3O2S/c1-16-12-13-19(24(29)26-15-17(2)18-8-4-3-5-9-18)14-21(16)27-25(30)23-20-10-6-7-11-22(20)31-28-23/h3-14,17H,15H2,1-2H3,(H,26,29)(H,27,30)/t17-/m1/s1. The third-order valence-corrected chi connectivity index (χ3v) is 6.10. The summed E-state index contributed by atoms with van der Waals surface area (Å²) < 4.78 is 5.27. The highest BCUT2D eigenvalue weighted by Gasteiger charge is 2.16. The van der Waals surface area contributed by atoms with E-state index in [1.54, 1.807) is 12.1 Å². The maximum atomic E-state index is 12.8. The second kappa shape index (κ2) is 9.10. The third kappa shape index (κ3) is 4.64. The van der Waals surface area contributed by atoms with E-state index < -0.39 is 0 Å². The van der Waals surface area contributed by atoms with Crippen LogP contribution in [-0.4, -0.2) is 22.7 Å². The summed E-state index contributed by atoms with van der Waals surface area (Å²) >= 11 is 1.30. The number of anilines is 1. The van der Waals surface area contributed by atoms with Crippen LogP contribution in [0.1, 0.15) is 44.8 Å². The van der Waals surface area contributed by atoms with Crippen LogP contribution in [0.4, 0.5) is 5.69 Å². The summed E-state index contributed by atoms with van der Waals surface area (Å²) in [5.41, 5.74) is 3.55. The average molecular weight is 430 g/mol. The van der Waals surface area contributed by atoms with Gasteiger partial charge in [-0.15, -0.1) is 0 Å². The molecule has 6 heteroatoms. The molecule has 3 aromatic carbocycles. The quantitative estimate of drug-likeness (QED) is 0.432. The number of benzene rings is 3. The Morgan fingerprint density at radius 2 is 1.71 bits per heavy atom. The Labute approximate surface area is 185 Å². The lowest BCUT2D eigenvalue weighted by Crippen LogP contribution is -2.27. The van der Waals surface area contributed by atoms with E-state index in [0.717, 1.165) is 15.6 Å². The number of fused-ring (bicyclic) bond motifs is 1. The van der Waals surface area contributed by atoms with Gasteiger partial charge >= 0.3 is 0 Å². The van der Waals surface area contributed by atoms with Crippen molar-refractivity contribution in [2.75, 3.05) is 11.9 Å². The molecule has 1 aromatic heterocycles. The van der Waals surface area contributed by atoms with Crippen molar-refractivity contribution in [1.29, 1.82) is 0 Å². The summed E-state index contributed by atoms with van der Waals surface area (Å²) in [6.07, 6.45) is 0. The van der Waals surface area contributed by atoms with Crippen LogP contribution in [0.15, 0.2) is 72.8 Å². The molecular weight excluding hydrogens is 406 g/mol. The predicted molar refractivity (Wildman–Crippen MR) is 126 cm³/mol. The van der Waals surface area contributed by atoms with Crippen molar-refractivity contribution in [2.24, 2.45) is 0 Å². The number of rotatable bonds is 6. The number of carbonyl (C=O) groups is 2. The van der Waals surface area contributed by atoms with E-state index in [1.165, 1.54) is 17.1 Å². The lowest BCUT2D eigenvalue weighted by molar-refractivity contribution is 0.0950. The van der Waals surface area contributed by atoms with Crippen LogP contribution >= 0.6 is 11.5 Å². The van der Waals surface area contributed by atoms with Gasteiger partial charge < -0.3 is 10.6 Å². The van der Waals surface area contributed by atoms with Crippen molar-refractivity contribution in [3.05, 3.63) is 95.2 Å². The van der Waals surface area contributed by atoms with Crippen LogP contribution in [-0.2, 0) is 0 Å². The molecule has 0 spiro atoms. The molecule has 156 valence electrons. The van der Waals surface area contributed by atoms with Gasteiger partial charge in [-0.2, -0.15) is 4.37 Å². The number of nitrogens with zero attached hydrogens (tertiary/aromatic N) is 1. The third-order valence-electron chi connectivity index (χ3n) is 5.28. The van der Waals surface area contributed by atoms with Gasteiger partial charge in [-0.25, -0.2) is 0 Å². The van der Waals surface area contributed by atoms with Gasteiger partial charge in [0.15, 0.2) is 0 Å². The van der Waals surface area contributed by atoms with E-state index in [2.05, 4.69) is 34.1 Å². The average Bonchev–Trinajstić information content (AvgIpc) is 3.23. The van der Waals surface area contributed by atoms with Gasteiger partial charge in [0.1, 0.15) is 5.69 Å². The van der Waals surface area contributed by atoms with Crippen LogP contribution in [0, 0.1) is 6.92 Å². The Morgan fingerprint density at radius 3 is 2.52 bits per heavy atom. The van der Waals surface area contributed by atoms with Crippen LogP contribution in [0.3, 0.4) is 0 Å². The van der Waals surface area contributed by atoms with Gasteiger partial charge in [-0.05, 0) is 53.7 Å². The van der Waals surface area contributed by atoms with E-state index >= 15 is 0 Å². The van der Waals surface area contributed by atoms with Gasteiger partial charge in [-0.1, -0.05) is 61.5 Å². The fourth-order valence-corrected chi connectivity index (χ4v) is 4.15. The first-order chi connectivity index (χ1) is 15.0. The molecule has 0 aliphatic rings. The molecule has 0 aliphatic heterocycles. The minimum Gasteiger partial charge on any atom is -0.351 e. The molecule has 5 nitrogen and oxygen atoms in total.